The summed E-state index contributed by atoms with van der Waals surface area (Å²) in [5, 5.41) is 2.60. The lowest BCUT2D eigenvalue weighted by Gasteiger charge is -2.36. The van der Waals surface area contributed by atoms with Crippen LogP contribution in [0.4, 0.5) is 23.2 Å². The zero-order chi connectivity index (χ0) is 18.0. The standard InChI is InChI=1S/C18H19F4N3/c1-11(12-5-3-2-4-6-12)25-9-7-13(8-10-25)23-16-14(19)17(21)24-18(22)15(16)20/h2-6,11,13H,7-10H2,1H3,(H,23,24). The number of pyridine rings is 1. The third-order valence-corrected chi connectivity index (χ3v) is 4.71. The molecule has 0 spiro atoms. The van der Waals surface area contributed by atoms with Crippen molar-refractivity contribution < 1.29 is 17.6 Å². The van der Waals surface area contributed by atoms with Gasteiger partial charge in [0.25, 0.3) is 11.9 Å². The number of hydrogen-bond acceptors (Lipinski definition) is 3. The third-order valence-electron chi connectivity index (χ3n) is 4.71. The van der Waals surface area contributed by atoms with E-state index < -0.39 is 29.2 Å². The number of benzene rings is 1. The van der Waals surface area contributed by atoms with Gasteiger partial charge in [-0.2, -0.15) is 22.5 Å². The molecule has 1 aromatic carbocycles. The Morgan fingerprint density at radius 3 is 2.12 bits per heavy atom. The molecule has 3 rings (SSSR count). The summed E-state index contributed by atoms with van der Waals surface area (Å²) in [5.41, 5.74) is 0.420. The van der Waals surface area contributed by atoms with Gasteiger partial charge in [-0.1, -0.05) is 30.3 Å². The minimum absolute atomic E-state index is 0.228. The first-order valence-electron chi connectivity index (χ1n) is 8.23. The molecule has 0 amide bonds. The summed E-state index contributed by atoms with van der Waals surface area (Å²) in [4.78, 5) is 4.84. The van der Waals surface area contributed by atoms with E-state index in [1.807, 2.05) is 18.2 Å². The second-order valence-electron chi connectivity index (χ2n) is 6.24. The Morgan fingerprint density at radius 1 is 1.00 bits per heavy atom. The van der Waals surface area contributed by atoms with Gasteiger partial charge in [0.15, 0.2) is 0 Å². The van der Waals surface area contributed by atoms with Crippen LogP contribution in [0.3, 0.4) is 0 Å². The molecule has 1 aromatic heterocycles. The van der Waals surface area contributed by atoms with Crippen molar-refractivity contribution in [2.24, 2.45) is 0 Å². The smallest absolute Gasteiger partial charge is 0.253 e. The van der Waals surface area contributed by atoms with E-state index in [0.717, 1.165) is 0 Å². The van der Waals surface area contributed by atoms with Gasteiger partial charge in [-0.05, 0) is 25.3 Å². The first kappa shape index (κ1) is 17.7. The Kier molecular flexibility index (Phi) is 5.22. The van der Waals surface area contributed by atoms with Crippen LogP contribution in [0.2, 0.25) is 0 Å². The third kappa shape index (κ3) is 3.76. The number of nitrogens with zero attached hydrogens (tertiary/aromatic N) is 2. The number of piperidine rings is 1. The van der Waals surface area contributed by atoms with Crippen molar-refractivity contribution in [3.05, 3.63) is 59.4 Å². The lowest BCUT2D eigenvalue weighted by molar-refractivity contribution is 0.167. The molecule has 25 heavy (non-hydrogen) atoms. The van der Waals surface area contributed by atoms with Crippen LogP contribution in [0.25, 0.3) is 0 Å². The molecule has 134 valence electrons. The van der Waals surface area contributed by atoms with Gasteiger partial charge in [-0.25, -0.2) is 0 Å². The Balaban J connectivity index is 1.64. The summed E-state index contributed by atoms with van der Waals surface area (Å²) >= 11 is 0. The van der Waals surface area contributed by atoms with Gasteiger partial charge >= 0.3 is 0 Å². The van der Waals surface area contributed by atoms with Crippen molar-refractivity contribution in [3.63, 3.8) is 0 Å². The van der Waals surface area contributed by atoms with E-state index in [0.29, 0.717) is 25.9 Å². The van der Waals surface area contributed by atoms with Crippen LogP contribution in [0, 0.1) is 23.5 Å². The molecule has 7 heteroatoms. The Labute approximate surface area is 143 Å². The molecule has 0 bridgehead atoms. The predicted molar refractivity (Wildman–Crippen MR) is 87.1 cm³/mol. The second kappa shape index (κ2) is 7.39. The zero-order valence-corrected chi connectivity index (χ0v) is 13.8. The van der Waals surface area contributed by atoms with Crippen molar-refractivity contribution in [1.29, 1.82) is 0 Å². The highest BCUT2D eigenvalue weighted by Gasteiger charge is 2.27. The fourth-order valence-corrected chi connectivity index (χ4v) is 3.19. The number of halogens is 4. The highest BCUT2D eigenvalue weighted by Crippen LogP contribution is 2.28. The Morgan fingerprint density at radius 2 is 1.56 bits per heavy atom. The highest BCUT2D eigenvalue weighted by molar-refractivity contribution is 5.46. The molecule has 1 N–H and O–H groups in total. The van der Waals surface area contributed by atoms with Gasteiger partial charge < -0.3 is 5.32 Å². The second-order valence-corrected chi connectivity index (χ2v) is 6.24. The van der Waals surface area contributed by atoms with Crippen LogP contribution in [-0.4, -0.2) is 29.0 Å². The first-order chi connectivity index (χ1) is 12.0. The summed E-state index contributed by atoms with van der Waals surface area (Å²) in [5.74, 6) is -6.26. The SMILES string of the molecule is CC(c1ccccc1)N1CCC(Nc2c(F)c(F)nc(F)c2F)CC1. The molecule has 0 saturated carbocycles. The monoisotopic (exact) mass is 353 g/mol. The number of anilines is 1. The lowest BCUT2D eigenvalue weighted by atomic mass is 10.00. The van der Waals surface area contributed by atoms with Gasteiger partial charge in [0.2, 0.25) is 11.6 Å². The van der Waals surface area contributed by atoms with Crippen LogP contribution in [0.1, 0.15) is 31.4 Å². The van der Waals surface area contributed by atoms with Crippen molar-refractivity contribution in [2.75, 3.05) is 18.4 Å². The number of aromatic nitrogens is 1. The van der Waals surface area contributed by atoms with Crippen LogP contribution in [-0.2, 0) is 0 Å². The average molecular weight is 353 g/mol. The zero-order valence-electron chi connectivity index (χ0n) is 13.8. The van der Waals surface area contributed by atoms with Crippen molar-refractivity contribution in [2.45, 2.75) is 31.8 Å². The van der Waals surface area contributed by atoms with Crippen molar-refractivity contribution in [3.8, 4) is 0 Å². The Hall–Kier alpha value is -2.15. The minimum Gasteiger partial charge on any atom is -0.377 e. The summed E-state index contributed by atoms with van der Waals surface area (Å²) in [6.45, 7) is 3.54. The van der Waals surface area contributed by atoms with Gasteiger partial charge in [-0.3, -0.25) is 4.90 Å². The van der Waals surface area contributed by atoms with Gasteiger partial charge in [0.05, 0.1) is 0 Å². The molecular weight excluding hydrogens is 334 g/mol. The summed E-state index contributed by atoms with van der Waals surface area (Å²) in [6.07, 6.45) is 1.23. The number of nitrogens with one attached hydrogen (secondary N) is 1. The van der Waals surface area contributed by atoms with Crippen molar-refractivity contribution >= 4 is 5.69 Å². The summed E-state index contributed by atoms with van der Waals surface area (Å²) in [6, 6.07) is 10.0. The van der Waals surface area contributed by atoms with Crippen LogP contribution >= 0.6 is 0 Å². The van der Waals surface area contributed by atoms with Crippen LogP contribution in [0.15, 0.2) is 30.3 Å². The highest BCUT2D eigenvalue weighted by atomic mass is 19.2. The van der Waals surface area contributed by atoms with Gasteiger partial charge in [0, 0.05) is 25.2 Å². The maximum atomic E-state index is 13.7. The molecule has 0 aliphatic carbocycles. The normalized spacial score (nSPS) is 17.5. The number of rotatable bonds is 4. The Bertz CT molecular complexity index is 705. The number of likely N-dealkylation sites (tertiary alicyclic amines) is 1. The lowest BCUT2D eigenvalue weighted by Crippen LogP contribution is -2.40. The first-order valence-corrected chi connectivity index (χ1v) is 8.23. The van der Waals surface area contributed by atoms with E-state index in [2.05, 4.69) is 34.3 Å². The van der Waals surface area contributed by atoms with Gasteiger partial charge in [-0.15, -0.1) is 0 Å². The maximum Gasteiger partial charge on any atom is 0.253 e. The molecule has 3 nitrogen and oxygen atoms in total. The van der Waals surface area contributed by atoms with Crippen LogP contribution in [0.5, 0.6) is 0 Å². The van der Waals surface area contributed by atoms with E-state index in [1.165, 1.54) is 5.56 Å². The molecular formula is C18H19F4N3. The average Bonchev–Trinajstić information content (AvgIpc) is 2.64. The van der Waals surface area contributed by atoms with E-state index in [1.54, 1.807) is 0 Å². The molecule has 2 aromatic rings. The molecule has 2 heterocycles. The van der Waals surface area contributed by atoms with E-state index in [4.69, 9.17) is 0 Å². The predicted octanol–water partition coefficient (Wildman–Crippen LogP) is 4.28. The molecule has 1 saturated heterocycles. The quantitative estimate of drug-likeness (QED) is 0.657. The number of hydrogen-bond donors (Lipinski definition) is 1. The molecule has 1 aliphatic rings. The summed E-state index contributed by atoms with van der Waals surface area (Å²) < 4.78 is 53.8. The molecule has 1 unspecified atom stereocenters. The largest absolute Gasteiger partial charge is 0.377 e. The molecule has 1 aliphatic heterocycles. The van der Waals surface area contributed by atoms with E-state index in [-0.39, 0.29) is 12.1 Å². The van der Waals surface area contributed by atoms with Crippen molar-refractivity contribution in [1.82, 2.24) is 9.88 Å². The van der Waals surface area contributed by atoms with E-state index in [9.17, 15) is 17.6 Å². The van der Waals surface area contributed by atoms with Crippen LogP contribution < -0.4 is 5.32 Å². The fourth-order valence-electron chi connectivity index (χ4n) is 3.19. The maximum absolute atomic E-state index is 13.7. The molecule has 0 radical (unpaired) electrons. The van der Waals surface area contributed by atoms with E-state index >= 15 is 0 Å². The topological polar surface area (TPSA) is 28.2 Å². The molecule has 1 atom stereocenters. The summed E-state index contributed by atoms with van der Waals surface area (Å²) in [7, 11) is 0. The fraction of sp³-hybridized carbons (Fsp3) is 0.389. The van der Waals surface area contributed by atoms with Gasteiger partial charge in [0.1, 0.15) is 5.69 Å². The molecule has 1 fully saturated rings. The minimum atomic E-state index is -1.64.